The third-order valence-corrected chi connectivity index (χ3v) is 4.06. The van der Waals surface area contributed by atoms with E-state index in [9.17, 15) is 14.9 Å². The molecule has 0 aliphatic heterocycles. The summed E-state index contributed by atoms with van der Waals surface area (Å²) < 4.78 is 16.0. The molecule has 9 nitrogen and oxygen atoms in total. The zero-order chi connectivity index (χ0) is 20.3. The smallest absolute Gasteiger partial charge is 0.346 e. The van der Waals surface area contributed by atoms with Gasteiger partial charge in [-0.15, -0.1) is 10.2 Å². The van der Waals surface area contributed by atoms with E-state index in [0.29, 0.717) is 16.9 Å². The molecule has 9 heteroatoms. The van der Waals surface area contributed by atoms with Gasteiger partial charge in [-0.2, -0.15) is 0 Å². The fourth-order valence-electron chi connectivity index (χ4n) is 2.59. The molecule has 0 spiro atoms. The Bertz CT molecular complexity index is 1010. The van der Waals surface area contributed by atoms with Crippen LogP contribution in [0.5, 0.6) is 5.75 Å². The van der Waals surface area contributed by atoms with Crippen molar-refractivity contribution in [2.24, 2.45) is 0 Å². The first-order valence-electron chi connectivity index (χ1n) is 8.33. The van der Waals surface area contributed by atoms with E-state index in [-0.39, 0.29) is 23.0 Å². The zero-order valence-electron chi connectivity index (χ0n) is 15.4. The van der Waals surface area contributed by atoms with Crippen LogP contribution in [0.25, 0.3) is 11.5 Å². The molecule has 3 rings (SSSR count). The van der Waals surface area contributed by atoms with E-state index in [1.165, 1.54) is 12.1 Å². The van der Waals surface area contributed by atoms with Gasteiger partial charge in [-0.05, 0) is 43.7 Å². The Morgan fingerprint density at radius 1 is 1.18 bits per heavy atom. The van der Waals surface area contributed by atoms with Gasteiger partial charge >= 0.3 is 5.97 Å². The van der Waals surface area contributed by atoms with Gasteiger partial charge in [-0.1, -0.05) is 12.1 Å². The molecule has 144 valence electrons. The molecule has 0 aliphatic rings. The molecule has 0 bridgehead atoms. The quantitative estimate of drug-likeness (QED) is 0.357. The minimum absolute atomic E-state index is 0.0791. The molecule has 3 aromatic rings. The number of esters is 1. The van der Waals surface area contributed by atoms with E-state index < -0.39 is 17.0 Å². The highest BCUT2D eigenvalue weighted by Crippen LogP contribution is 2.27. The van der Waals surface area contributed by atoms with E-state index >= 15 is 0 Å². The van der Waals surface area contributed by atoms with Crippen LogP contribution < -0.4 is 4.74 Å². The Morgan fingerprint density at radius 3 is 2.54 bits per heavy atom. The van der Waals surface area contributed by atoms with Gasteiger partial charge in [-0.3, -0.25) is 10.1 Å². The second-order valence-corrected chi connectivity index (χ2v) is 5.95. The summed E-state index contributed by atoms with van der Waals surface area (Å²) in [4.78, 5) is 23.1. The first-order valence-corrected chi connectivity index (χ1v) is 8.33. The third kappa shape index (κ3) is 3.83. The van der Waals surface area contributed by atoms with Crippen molar-refractivity contribution in [3.63, 3.8) is 0 Å². The Kier molecular flexibility index (Phi) is 5.35. The summed E-state index contributed by atoms with van der Waals surface area (Å²) in [6, 6.07) is 11.4. The standard InChI is InChI=1S/C19H17N3O6/c1-11-5-4-6-15(22(24)25)16(11)19(23)27-12(2)17-20-21-18(28-17)13-7-9-14(26-3)10-8-13/h4-10,12H,1-3H3. The Labute approximate surface area is 160 Å². The summed E-state index contributed by atoms with van der Waals surface area (Å²) in [5.41, 5.74) is 0.694. The van der Waals surface area contributed by atoms with Crippen molar-refractivity contribution in [1.29, 1.82) is 0 Å². The van der Waals surface area contributed by atoms with Crippen LogP contribution >= 0.6 is 0 Å². The van der Waals surface area contributed by atoms with Gasteiger partial charge in [0.1, 0.15) is 11.3 Å². The van der Waals surface area contributed by atoms with Crippen LogP contribution in [0.2, 0.25) is 0 Å². The lowest BCUT2D eigenvalue weighted by molar-refractivity contribution is -0.385. The number of benzene rings is 2. The second-order valence-electron chi connectivity index (χ2n) is 5.95. The number of nitro groups is 1. The summed E-state index contributed by atoms with van der Waals surface area (Å²) in [5, 5.41) is 19.0. The van der Waals surface area contributed by atoms with Crippen molar-refractivity contribution in [3.05, 3.63) is 69.6 Å². The summed E-state index contributed by atoms with van der Waals surface area (Å²) in [6.07, 6.45) is -0.883. The van der Waals surface area contributed by atoms with Gasteiger partial charge in [0, 0.05) is 11.6 Å². The third-order valence-electron chi connectivity index (χ3n) is 4.06. The molecular weight excluding hydrogens is 366 g/mol. The Morgan fingerprint density at radius 2 is 1.89 bits per heavy atom. The summed E-state index contributed by atoms with van der Waals surface area (Å²) in [5.74, 6) is 0.185. The lowest BCUT2D eigenvalue weighted by Crippen LogP contribution is -2.13. The van der Waals surface area contributed by atoms with E-state index in [0.717, 1.165) is 0 Å². The van der Waals surface area contributed by atoms with Crippen molar-refractivity contribution in [1.82, 2.24) is 10.2 Å². The number of carbonyl (C=O) groups excluding carboxylic acids is 1. The highest BCUT2D eigenvalue weighted by molar-refractivity contribution is 5.95. The maximum absolute atomic E-state index is 12.5. The maximum Gasteiger partial charge on any atom is 0.346 e. The van der Waals surface area contributed by atoms with Crippen molar-refractivity contribution >= 4 is 11.7 Å². The normalized spacial score (nSPS) is 11.7. The van der Waals surface area contributed by atoms with Crippen LogP contribution in [0.15, 0.2) is 46.9 Å². The molecule has 2 aromatic carbocycles. The lowest BCUT2D eigenvalue weighted by Gasteiger charge is -2.11. The van der Waals surface area contributed by atoms with E-state index in [1.807, 2.05) is 0 Å². The number of ether oxygens (including phenoxy) is 2. The molecule has 0 saturated carbocycles. The molecule has 0 radical (unpaired) electrons. The molecular formula is C19H17N3O6. The van der Waals surface area contributed by atoms with Gasteiger partial charge in [0.2, 0.25) is 5.89 Å². The zero-order valence-corrected chi connectivity index (χ0v) is 15.4. The molecule has 0 saturated heterocycles. The van der Waals surface area contributed by atoms with E-state index in [1.54, 1.807) is 51.3 Å². The number of aromatic nitrogens is 2. The van der Waals surface area contributed by atoms with Crippen molar-refractivity contribution < 1.29 is 23.6 Å². The van der Waals surface area contributed by atoms with Crippen molar-refractivity contribution in [2.45, 2.75) is 20.0 Å². The SMILES string of the molecule is COc1ccc(-c2nnc(C(C)OC(=O)c3c(C)cccc3[N+](=O)[O-])o2)cc1. The van der Waals surface area contributed by atoms with Gasteiger partial charge in [0.15, 0.2) is 6.10 Å². The highest BCUT2D eigenvalue weighted by Gasteiger charge is 2.27. The monoisotopic (exact) mass is 383 g/mol. The molecule has 0 amide bonds. The molecule has 0 fully saturated rings. The number of hydrogen-bond donors (Lipinski definition) is 0. The first kappa shape index (κ1) is 19.0. The topological polar surface area (TPSA) is 118 Å². The first-order chi connectivity index (χ1) is 13.4. The minimum Gasteiger partial charge on any atom is -0.497 e. The largest absolute Gasteiger partial charge is 0.497 e. The number of carbonyl (C=O) groups is 1. The van der Waals surface area contributed by atoms with Crippen LogP contribution in [-0.2, 0) is 4.74 Å². The van der Waals surface area contributed by atoms with Crippen LogP contribution in [0.4, 0.5) is 5.69 Å². The number of hydrogen-bond acceptors (Lipinski definition) is 8. The highest BCUT2D eigenvalue weighted by atomic mass is 16.6. The van der Waals surface area contributed by atoms with Crippen LogP contribution in [0.1, 0.15) is 34.8 Å². The summed E-state index contributed by atoms with van der Waals surface area (Å²) in [7, 11) is 1.56. The second kappa shape index (κ2) is 7.87. The fraction of sp³-hybridized carbons (Fsp3) is 0.211. The molecule has 1 aromatic heterocycles. The van der Waals surface area contributed by atoms with Crippen LogP contribution in [-0.4, -0.2) is 28.2 Å². The average Bonchev–Trinajstić information content (AvgIpc) is 3.18. The Balaban J connectivity index is 1.79. The number of methoxy groups -OCH3 is 1. The number of nitro benzene ring substituents is 1. The van der Waals surface area contributed by atoms with E-state index in [2.05, 4.69) is 10.2 Å². The van der Waals surface area contributed by atoms with Gasteiger partial charge in [0.25, 0.3) is 11.6 Å². The predicted octanol–water partition coefficient (Wildman–Crippen LogP) is 3.88. The summed E-state index contributed by atoms with van der Waals surface area (Å²) in [6.45, 7) is 3.15. The summed E-state index contributed by atoms with van der Waals surface area (Å²) >= 11 is 0. The molecule has 28 heavy (non-hydrogen) atoms. The maximum atomic E-state index is 12.5. The molecule has 1 unspecified atom stereocenters. The number of rotatable bonds is 6. The van der Waals surface area contributed by atoms with Crippen molar-refractivity contribution in [3.8, 4) is 17.2 Å². The number of nitrogens with zero attached hydrogens (tertiary/aromatic N) is 3. The van der Waals surface area contributed by atoms with E-state index in [4.69, 9.17) is 13.9 Å². The molecule has 1 heterocycles. The van der Waals surface area contributed by atoms with Gasteiger partial charge < -0.3 is 13.9 Å². The molecule has 0 aliphatic carbocycles. The van der Waals surface area contributed by atoms with Crippen molar-refractivity contribution in [2.75, 3.05) is 7.11 Å². The van der Waals surface area contributed by atoms with Crippen LogP contribution in [0.3, 0.4) is 0 Å². The van der Waals surface area contributed by atoms with Crippen LogP contribution in [0, 0.1) is 17.0 Å². The lowest BCUT2D eigenvalue weighted by atomic mass is 10.1. The average molecular weight is 383 g/mol. The minimum atomic E-state index is -0.883. The fourth-order valence-corrected chi connectivity index (χ4v) is 2.59. The predicted molar refractivity (Wildman–Crippen MR) is 97.9 cm³/mol. The Hall–Kier alpha value is -3.75. The molecule has 1 atom stereocenters. The van der Waals surface area contributed by atoms with Gasteiger partial charge in [0.05, 0.1) is 12.0 Å². The number of aryl methyl sites for hydroxylation is 1. The van der Waals surface area contributed by atoms with Gasteiger partial charge in [-0.25, -0.2) is 4.79 Å². The molecule has 0 N–H and O–H groups in total.